The summed E-state index contributed by atoms with van der Waals surface area (Å²) in [5.74, 6) is -0.197. The molecule has 28 heavy (non-hydrogen) atoms. The summed E-state index contributed by atoms with van der Waals surface area (Å²) in [7, 11) is 1.37. The topological polar surface area (TPSA) is 46.5 Å². The summed E-state index contributed by atoms with van der Waals surface area (Å²) < 4.78 is 5.52. The van der Waals surface area contributed by atoms with Crippen LogP contribution in [0.2, 0.25) is 0 Å². The molecule has 3 aromatic carbocycles. The fourth-order valence-corrected chi connectivity index (χ4v) is 5.67. The Morgan fingerprint density at radius 3 is 2.43 bits per heavy atom. The lowest BCUT2D eigenvalue weighted by atomic mass is 9.91. The van der Waals surface area contributed by atoms with Crippen LogP contribution >= 0.6 is 59.6 Å². The number of phenols is 1. The number of carbonyl (C=O) groups is 1. The molecule has 7 heteroatoms. The summed E-state index contributed by atoms with van der Waals surface area (Å²) in [4.78, 5) is 14.7. The average Bonchev–Trinajstić information content (AvgIpc) is 2.70. The van der Waals surface area contributed by atoms with Gasteiger partial charge in [-0.15, -0.1) is 0 Å². The van der Waals surface area contributed by atoms with E-state index in [0.717, 1.165) is 29.9 Å². The molecule has 0 aromatic heterocycles. The van der Waals surface area contributed by atoms with Crippen LogP contribution in [0, 0.1) is 6.07 Å². The third-order valence-electron chi connectivity index (χ3n) is 4.05. The number of esters is 1. The van der Waals surface area contributed by atoms with Crippen LogP contribution in [-0.2, 0) is 13.9 Å². The number of phenolic OH excluding ortho intramolecular Hbond substituents is 1. The quantitative estimate of drug-likeness (QED) is 0.268. The van der Waals surface area contributed by atoms with Crippen molar-refractivity contribution >= 4 is 65.5 Å². The van der Waals surface area contributed by atoms with E-state index in [1.807, 2.05) is 36.4 Å². The number of halogens is 3. The summed E-state index contributed by atoms with van der Waals surface area (Å²) in [6, 6.07) is 21.0. The minimum Gasteiger partial charge on any atom is -0.508 e. The molecule has 3 aromatic rings. The van der Waals surface area contributed by atoms with Gasteiger partial charge in [-0.1, -0.05) is 61.8 Å². The Labute approximate surface area is 192 Å². The standard InChI is InChI=1S/C21H14Br3O3S/c1-27-20(26)21(24,16-4-2-3-5-17(16)22)13-6-11-19(18(23)12-13)28-15-9-7-14(25)8-10-15/h2,4-12,25H,1H3. The highest BCUT2D eigenvalue weighted by molar-refractivity contribution is 9.11. The van der Waals surface area contributed by atoms with Crippen LogP contribution in [-0.4, -0.2) is 18.2 Å². The predicted octanol–water partition coefficient (Wildman–Crippen LogP) is 6.68. The van der Waals surface area contributed by atoms with Crippen molar-refractivity contribution in [1.82, 2.24) is 0 Å². The fraction of sp³-hybridized carbons (Fsp3) is 0.0952. The van der Waals surface area contributed by atoms with Gasteiger partial charge in [0.2, 0.25) is 0 Å². The Bertz CT molecular complexity index is 1010. The van der Waals surface area contributed by atoms with Gasteiger partial charge in [0.15, 0.2) is 4.32 Å². The fourth-order valence-electron chi connectivity index (χ4n) is 2.65. The molecule has 0 saturated carbocycles. The van der Waals surface area contributed by atoms with Crippen LogP contribution < -0.4 is 0 Å². The minimum atomic E-state index is -1.17. The molecule has 1 radical (unpaired) electrons. The van der Waals surface area contributed by atoms with E-state index < -0.39 is 10.3 Å². The number of methoxy groups -OCH3 is 1. The van der Waals surface area contributed by atoms with Gasteiger partial charge in [-0.25, -0.2) is 4.79 Å². The number of aromatic hydroxyl groups is 1. The van der Waals surface area contributed by atoms with E-state index in [9.17, 15) is 9.90 Å². The smallest absolute Gasteiger partial charge is 0.331 e. The van der Waals surface area contributed by atoms with Crippen LogP contribution in [0.4, 0.5) is 0 Å². The van der Waals surface area contributed by atoms with Gasteiger partial charge in [-0.3, -0.25) is 0 Å². The van der Waals surface area contributed by atoms with Crippen molar-refractivity contribution in [2.45, 2.75) is 14.1 Å². The number of benzene rings is 3. The van der Waals surface area contributed by atoms with E-state index in [4.69, 9.17) is 4.74 Å². The SMILES string of the molecule is COC(=O)C(Br)(c1ccc(Sc2ccc(O)cc2)c(Br)c1)c1cc[c]cc1Br. The van der Waals surface area contributed by atoms with E-state index in [1.165, 1.54) is 7.11 Å². The summed E-state index contributed by atoms with van der Waals surface area (Å²) in [6.45, 7) is 0. The molecule has 1 atom stereocenters. The van der Waals surface area contributed by atoms with Crippen molar-refractivity contribution in [3.63, 3.8) is 0 Å². The number of alkyl halides is 1. The van der Waals surface area contributed by atoms with Crippen LogP contribution in [0.1, 0.15) is 11.1 Å². The lowest BCUT2D eigenvalue weighted by Gasteiger charge is -2.27. The van der Waals surface area contributed by atoms with Crippen LogP contribution in [0.15, 0.2) is 79.4 Å². The summed E-state index contributed by atoms with van der Waals surface area (Å²) >= 11 is 12.3. The van der Waals surface area contributed by atoms with Crippen molar-refractivity contribution in [2.24, 2.45) is 0 Å². The first-order valence-corrected chi connectivity index (χ1v) is 11.3. The second-order valence-corrected chi connectivity index (χ2v) is 9.81. The highest BCUT2D eigenvalue weighted by Gasteiger charge is 2.42. The van der Waals surface area contributed by atoms with E-state index in [2.05, 4.69) is 53.9 Å². The molecule has 143 valence electrons. The number of hydrogen-bond donors (Lipinski definition) is 1. The predicted molar refractivity (Wildman–Crippen MR) is 121 cm³/mol. The molecule has 1 unspecified atom stereocenters. The van der Waals surface area contributed by atoms with Gasteiger partial charge < -0.3 is 9.84 Å². The first-order chi connectivity index (χ1) is 13.4. The highest BCUT2D eigenvalue weighted by atomic mass is 79.9. The maximum absolute atomic E-state index is 12.8. The molecule has 0 heterocycles. The van der Waals surface area contributed by atoms with Gasteiger partial charge >= 0.3 is 5.97 Å². The Kier molecular flexibility index (Phi) is 6.91. The lowest BCUT2D eigenvalue weighted by Crippen LogP contribution is -2.32. The van der Waals surface area contributed by atoms with E-state index in [-0.39, 0.29) is 5.75 Å². The Hall–Kier alpha value is -1.28. The molecule has 0 aliphatic heterocycles. The molecule has 0 spiro atoms. The molecule has 3 rings (SSSR count). The molecule has 0 saturated heterocycles. The second kappa shape index (κ2) is 9.03. The van der Waals surface area contributed by atoms with Gasteiger partial charge in [0, 0.05) is 18.7 Å². The van der Waals surface area contributed by atoms with Crippen molar-refractivity contribution in [2.75, 3.05) is 7.11 Å². The summed E-state index contributed by atoms with van der Waals surface area (Å²) in [5, 5.41) is 9.44. The number of ether oxygens (including phenoxy) is 1. The molecule has 0 amide bonds. The van der Waals surface area contributed by atoms with Crippen LogP contribution in [0.25, 0.3) is 0 Å². The van der Waals surface area contributed by atoms with Gasteiger partial charge in [-0.2, -0.15) is 0 Å². The van der Waals surface area contributed by atoms with Gasteiger partial charge in [0.1, 0.15) is 5.75 Å². The maximum Gasteiger partial charge on any atom is 0.331 e. The molecule has 0 aliphatic carbocycles. The zero-order valence-corrected chi connectivity index (χ0v) is 20.2. The first-order valence-electron chi connectivity index (χ1n) is 8.06. The lowest BCUT2D eigenvalue weighted by molar-refractivity contribution is -0.142. The Balaban J connectivity index is 2.03. The van der Waals surface area contributed by atoms with Gasteiger partial charge in [-0.05, 0) is 75.6 Å². The van der Waals surface area contributed by atoms with Gasteiger partial charge in [0.05, 0.1) is 7.11 Å². The monoisotopic (exact) mass is 583 g/mol. The van der Waals surface area contributed by atoms with Crippen molar-refractivity contribution in [3.8, 4) is 5.75 Å². The molecular weight excluding hydrogens is 572 g/mol. The second-order valence-electron chi connectivity index (χ2n) is 5.80. The third-order valence-corrected chi connectivity index (χ3v) is 7.91. The van der Waals surface area contributed by atoms with Crippen molar-refractivity contribution < 1.29 is 14.6 Å². The Morgan fingerprint density at radius 2 is 1.82 bits per heavy atom. The summed E-state index contributed by atoms with van der Waals surface area (Å²) in [6.07, 6.45) is 0. The molecule has 0 aliphatic rings. The number of rotatable bonds is 5. The highest BCUT2D eigenvalue weighted by Crippen LogP contribution is 2.45. The van der Waals surface area contributed by atoms with E-state index in [1.54, 1.807) is 36.0 Å². The molecular formula is C21H14Br3O3S. The minimum absolute atomic E-state index is 0.228. The first kappa shape index (κ1) is 21.4. The van der Waals surface area contributed by atoms with Gasteiger partial charge in [0.25, 0.3) is 0 Å². The zero-order valence-electron chi connectivity index (χ0n) is 14.6. The van der Waals surface area contributed by atoms with E-state index in [0.29, 0.717) is 0 Å². The normalized spacial score (nSPS) is 13.0. The number of carbonyl (C=O) groups excluding carboxylic acids is 1. The van der Waals surface area contributed by atoms with Crippen LogP contribution in [0.3, 0.4) is 0 Å². The zero-order chi connectivity index (χ0) is 20.3. The summed E-state index contributed by atoms with van der Waals surface area (Å²) in [5.41, 5.74) is 1.46. The Morgan fingerprint density at radius 1 is 1.11 bits per heavy atom. The van der Waals surface area contributed by atoms with Crippen LogP contribution in [0.5, 0.6) is 5.75 Å². The molecule has 0 bridgehead atoms. The maximum atomic E-state index is 12.8. The molecule has 1 N–H and O–H groups in total. The third kappa shape index (κ3) is 4.32. The van der Waals surface area contributed by atoms with E-state index >= 15 is 0 Å². The molecule has 0 fully saturated rings. The van der Waals surface area contributed by atoms with Crippen molar-refractivity contribution in [3.05, 3.63) is 86.8 Å². The average molecular weight is 586 g/mol. The largest absolute Gasteiger partial charge is 0.508 e. The number of hydrogen-bond acceptors (Lipinski definition) is 4. The van der Waals surface area contributed by atoms with Crippen molar-refractivity contribution in [1.29, 1.82) is 0 Å². The molecule has 3 nitrogen and oxygen atoms in total.